The molecule has 0 aromatic heterocycles. The fourth-order valence-corrected chi connectivity index (χ4v) is 3.14. The number of benzene rings is 2. The molecule has 0 heterocycles. The number of allylic oxidation sites excluding steroid dienone is 1. The molecule has 0 N–H and O–H groups in total. The van der Waals surface area contributed by atoms with Gasteiger partial charge in [-0.3, -0.25) is 0 Å². The molecule has 0 bridgehead atoms. The number of fused-ring (bicyclic) bond motifs is 1. The monoisotopic (exact) mass is 464 g/mol. The van der Waals surface area contributed by atoms with Crippen molar-refractivity contribution in [1.82, 2.24) is 0 Å². The zero-order chi connectivity index (χ0) is 19.5. The van der Waals surface area contributed by atoms with E-state index in [2.05, 4.69) is 90.1 Å². The number of rotatable bonds is 1. The van der Waals surface area contributed by atoms with E-state index in [-0.39, 0.29) is 10.8 Å². The average molecular weight is 467 g/mol. The van der Waals surface area contributed by atoms with Crippen LogP contribution in [-0.4, -0.2) is 0 Å². The molecule has 2 aromatic carbocycles. The number of halogens is 2. The molecule has 0 nitrogen and oxygen atoms in total. The van der Waals surface area contributed by atoms with Crippen molar-refractivity contribution < 1.29 is 20.8 Å². The first-order valence-electron chi connectivity index (χ1n) is 8.97. The van der Waals surface area contributed by atoms with Gasteiger partial charge < -0.3 is 0 Å². The molecule has 0 spiro atoms. The van der Waals surface area contributed by atoms with Crippen LogP contribution >= 0.6 is 17.0 Å². The summed E-state index contributed by atoms with van der Waals surface area (Å²) in [5.41, 5.74) is 8.85. The topological polar surface area (TPSA) is 0 Å². The van der Waals surface area contributed by atoms with Crippen molar-refractivity contribution in [3.8, 4) is 0 Å². The molecular weight excluding hydrogens is 438 g/mol. The predicted octanol–water partition coefficient (Wildman–Crippen LogP) is 7.75. The normalized spacial score (nSPS) is 13.5. The SMILES string of the molecule is CC(C)(C)c1cc(C2=Cc3ccccc3C2)cc(C(C)(C)C)c1.[Cl][Zr][Cl]. The van der Waals surface area contributed by atoms with Gasteiger partial charge in [0.2, 0.25) is 0 Å². The molecule has 0 amide bonds. The van der Waals surface area contributed by atoms with Crippen LogP contribution in [0, 0.1) is 0 Å². The van der Waals surface area contributed by atoms with Crippen LogP contribution in [0.15, 0.2) is 42.5 Å². The molecule has 0 radical (unpaired) electrons. The van der Waals surface area contributed by atoms with Crippen molar-refractivity contribution >= 4 is 28.7 Å². The zero-order valence-corrected chi connectivity index (χ0v) is 20.6. The van der Waals surface area contributed by atoms with Gasteiger partial charge in [0.25, 0.3) is 0 Å². The molecule has 0 saturated carbocycles. The van der Waals surface area contributed by atoms with Crippen molar-refractivity contribution in [2.24, 2.45) is 0 Å². The van der Waals surface area contributed by atoms with E-state index in [1.54, 1.807) is 0 Å². The number of hydrogen-bond donors (Lipinski definition) is 0. The second-order valence-corrected chi connectivity index (χ2v) is 12.6. The van der Waals surface area contributed by atoms with E-state index in [9.17, 15) is 0 Å². The molecule has 1 aliphatic carbocycles. The predicted molar refractivity (Wildman–Crippen MR) is 114 cm³/mol. The van der Waals surface area contributed by atoms with Crippen molar-refractivity contribution in [3.63, 3.8) is 0 Å². The van der Waals surface area contributed by atoms with Crippen molar-refractivity contribution in [2.45, 2.75) is 58.8 Å². The Morgan fingerprint density at radius 1 is 0.808 bits per heavy atom. The summed E-state index contributed by atoms with van der Waals surface area (Å²) in [6.45, 7) is 13.8. The Labute approximate surface area is 177 Å². The second-order valence-electron chi connectivity index (χ2n) is 8.92. The summed E-state index contributed by atoms with van der Waals surface area (Å²) in [6, 6.07) is 15.9. The van der Waals surface area contributed by atoms with Gasteiger partial charge in [-0.1, -0.05) is 90.1 Å². The molecular formula is C23H28Cl2Zr. The Hall–Kier alpha value is -0.357. The van der Waals surface area contributed by atoms with Crippen molar-refractivity contribution in [1.29, 1.82) is 0 Å². The minimum atomic E-state index is -0.826. The van der Waals surface area contributed by atoms with E-state index in [0.29, 0.717) is 0 Å². The number of hydrogen-bond acceptors (Lipinski definition) is 0. The Bertz CT molecular complexity index is 760. The molecule has 0 atom stereocenters. The van der Waals surface area contributed by atoms with E-state index in [1.807, 2.05) is 0 Å². The molecule has 3 rings (SSSR count). The van der Waals surface area contributed by atoms with Gasteiger partial charge in [-0.2, -0.15) is 0 Å². The molecule has 138 valence electrons. The quantitative estimate of drug-likeness (QED) is 0.403. The summed E-state index contributed by atoms with van der Waals surface area (Å²) in [7, 11) is 9.87. The van der Waals surface area contributed by atoms with Crippen LogP contribution in [-0.2, 0) is 38.1 Å². The summed E-state index contributed by atoms with van der Waals surface area (Å²) in [6.07, 6.45) is 3.41. The van der Waals surface area contributed by atoms with Crippen molar-refractivity contribution in [2.75, 3.05) is 0 Å². The van der Waals surface area contributed by atoms with Crippen LogP contribution in [0.2, 0.25) is 0 Å². The first-order chi connectivity index (χ1) is 12.1. The van der Waals surface area contributed by atoms with Crippen LogP contribution < -0.4 is 0 Å². The minimum absolute atomic E-state index is 0.169. The second kappa shape index (κ2) is 8.77. The van der Waals surface area contributed by atoms with Crippen LogP contribution in [0.3, 0.4) is 0 Å². The molecule has 0 fully saturated rings. The third kappa shape index (κ3) is 5.57. The standard InChI is InChI=1S/C23H28.2ClH.Zr/c1-22(2,3)20-13-19(14-21(15-20)23(4,5)6)18-11-16-9-7-8-10-17(16)12-18;;;/h7-11,13-15H,12H2,1-6H3;2*1H;/q;;;+2/p-2. The Morgan fingerprint density at radius 3 is 1.77 bits per heavy atom. The van der Waals surface area contributed by atoms with Gasteiger partial charge in [0.1, 0.15) is 0 Å². The fourth-order valence-electron chi connectivity index (χ4n) is 3.14. The van der Waals surface area contributed by atoms with Gasteiger partial charge in [0, 0.05) is 0 Å². The van der Waals surface area contributed by atoms with E-state index in [1.165, 1.54) is 33.4 Å². The molecule has 1 aliphatic rings. The fraction of sp³-hybridized carbons (Fsp3) is 0.391. The summed E-state index contributed by atoms with van der Waals surface area (Å²) in [5, 5.41) is 0. The molecule has 3 heteroatoms. The Balaban J connectivity index is 0.000000758. The maximum atomic E-state index is 4.93. The van der Waals surface area contributed by atoms with E-state index in [4.69, 9.17) is 17.0 Å². The van der Waals surface area contributed by atoms with Gasteiger partial charge in [-0.15, -0.1) is 0 Å². The molecule has 0 aliphatic heterocycles. The summed E-state index contributed by atoms with van der Waals surface area (Å²) in [5.74, 6) is 0. The average Bonchev–Trinajstić information content (AvgIpc) is 2.97. The molecule has 26 heavy (non-hydrogen) atoms. The van der Waals surface area contributed by atoms with Gasteiger partial charge in [0.05, 0.1) is 0 Å². The maximum absolute atomic E-state index is 4.93. The van der Waals surface area contributed by atoms with E-state index in [0.717, 1.165) is 6.42 Å². The van der Waals surface area contributed by atoms with Crippen LogP contribution in [0.4, 0.5) is 0 Å². The van der Waals surface area contributed by atoms with Gasteiger partial charge in [-0.05, 0) is 50.6 Å². The van der Waals surface area contributed by atoms with E-state index < -0.39 is 20.8 Å². The van der Waals surface area contributed by atoms with Gasteiger partial charge in [-0.25, -0.2) is 0 Å². The summed E-state index contributed by atoms with van der Waals surface area (Å²) >= 11 is -0.826. The zero-order valence-electron chi connectivity index (χ0n) is 16.6. The van der Waals surface area contributed by atoms with Crippen LogP contribution in [0.1, 0.15) is 69.4 Å². The first kappa shape index (κ1) is 21.9. The summed E-state index contributed by atoms with van der Waals surface area (Å²) in [4.78, 5) is 0. The third-order valence-electron chi connectivity index (χ3n) is 4.80. The molecule has 0 unspecified atom stereocenters. The molecule has 2 aromatic rings. The molecule has 0 saturated heterocycles. The van der Waals surface area contributed by atoms with Gasteiger partial charge >= 0.3 is 37.9 Å². The third-order valence-corrected chi connectivity index (χ3v) is 4.80. The van der Waals surface area contributed by atoms with Gasteiger partial charge in [0.15, 0.2) is 0 Å². The summed E-state index contributed by atoms with van der Waals surface area (Å²) < 4.78 is 0. The van der Waals surface area contributed by atoms with Crippen molar-refractivity contribution in [3.05, 3.63) is 70.3 Å². The van der Waals surface area contributed by atoms with Crippen LogP contribution in [0.25, 0.3) is 11.6 Å². The van der Waals surface area contributed by atoms with Crippen LogP contribution in [0.5, 0.6) is 0 Å². The first-order valence-corrected chi connectivity index (χ1v) is 15.3. The Morgan fingerprint density at radius 2 is 1.31 bits per heavy atom. The Kier molecular flexibility index (Phi) is 7.40. The van der Waals surface area contributed by atoms with E-state index >= 15 is 0 Å².